The molecule has 4 rings (SSSR count). The van der Waals surface area contributed by atoms with Crippen LogP contribution in [0.4, 0.5) is 0 Å². The first-order valence-corrected chi connectivity index (χ1v) is 8.46. The van der Waals surface area contributed by atoms with E-state index in [2.05, 4.69) is 9.97 Å². The number of nitrogens with zero attached hydrogens (tertiary/aromatic N) is 3. The van der Waals surface area contributed by atoms with Crippen molar-refractivity contribution in [1.82, 2.24) is 14.9 Å². The fraction of sp³-hybridized carbons (Fsp3) is 0.211. The lowest BCUT2D eigenvalue weighted by Gasteiger charge is -2.33. The zero-order valence-corrected chi connectivity index (χ0v) is 14.2. The molecule has 1 fully saturated rings. The Kier molecular flexibility index (Phi) is 4.34. The van der Waals surface area contributed by atoms with Crippen molar-refractivity contribution in [3.63, 3.8) is 0 Å². The number of ether oxygens (including phenoxy) is 1. The first-order chi connectivity index (χ1) is 12.2. The van der Waals surface area contributed by atoms with Gasteiger partial charge in [0, 0.05) is 11.6 Å². The molecule has 3 aromatic rings. The number of rotatable bonds is 2. The lowest BCUT2D eigenvalue weighted by atomic mass is 10.1. The van der Waals surface area contributed by atoms with Crippen LogP contribution in [-0.2, 0) is 4.74 Å². The van der Waals surface area contributed by atoms with Gasteiger partial charge >= 0.3 is 0 Å². The third-order valence-corrected chi connectivity index (χ3v) is 4.52. The minimum atomic E-state index is -0.164. The molecule has 1 aliphatic rings. The molecule has 5 nitrogen and oxygen atoms in total. The predicted molar refractivity (Wildman–Crippen MR) is 95.6 cm³/mol. The smallest absolute Gasteiger partial charge is 0.274 e. The number of hydrogen-bond acceptors (Lipinski definition) is 4. The summed E-state index contributed by atoms with van der Waals surface area (Å²) in [4.78, 5) is 23.4. The molecule has 126 valence electrons. The van der Waals surface area contributed by atoms with Crippen LogP contribution in [0.25, 0.3) is 11.0 Å². The third kappa shape index (κ3) is 3.34. The van der Waals surface area contributed by atoms with Crippen LogP contribution in [0.2, 0.25) is 5.02 Å². The van der Waals surface area contributed by atoms with E-state index < -0.39 is 0 Å². The largest absolute Gasteiger partial charge is 0.370 e. The highest BCUT2D eigenvalue weighted by Crippen LogP contribution is 2.24. The molecular weight excluding hydrogens is 338 g/mol. The summed E-state index contributed by atoms with van der Waals surface area (Å²) in [7, 11) is 0. The minimum Gasteiger partial charge on any atom is -0.370 e. The Morgan fingerprint density at radius 1 is 1.12 bits per heavy atom. The standard InChI is InChI=1S/C19H16ClN3O2/c20-14-7-5-13(6-8-14)18-12-23(9-10-25-18)19(24)17-11-21-15-3-1-2-4-16(15)22-17/h1-8,11,18H,9-10,12H2. The van der Waals surface area contributed by atoms with Crippen LogP contribution in [0.3, 0.4) is 0 Å². The highest BCUT2D eigenvalue weighted by molar-refractivity contribution is 6.30. The Bertz CT molecular complexity index is 914. The van der Waals surface area contributed by atoms with Gasteiger partial charge in [0.1, 0.15) is 11.8 Å². The molecule has 1 atom stereocenters. The van der Waals surface area contributed by atoms with Gasteiger partial charge in [-0.1, -0.05) is 35.9 Å². The second-order valence-electron chi connectivity index (χ2n) is 5.91. The van der Waals surface area contributed by atoms with Crippen LogP contribution >= 0.6 is 11.6 Å². The maximum atomic E-state index is 12.8. The molecule has 1 unspecified atom stereocenters. The molecule has 2 aromatic carbocycles. The predicted octanol–water partition coefficient (Wildman–Crippen LogP) is 3.50. The summed E-state index contributed by atoms with van der Waals surface area (Å²) in [6.07, 6.45) is 1.38. The second-order valence-corrected chi connectivity index (χ2v) is 6.34. The summed E-state index contributed by atoms with van der Waals surface area (Å²) in [5, 5.41) is 0.680. The van der Waals surface area contributed by atoms with Crippen molar-refractivity contribution in [2.45, 2.75) is 6.10 Å². The van der Waals surface area contributed by atoms with Gasteiger partial charge in [-0.05, 0) is 29.8 Å². The summed E-state index contributed by atoms with van der Waals surface area (Å²) in [5.41, 5.74) is 2.86. The highest BCUT2D eigenvalue weighted by Gasteiger charge is 2.27. The summed E-state index contributed by atoms with van der Waals surface area (Å²) in [6.45, 7) is 1.51. The second kappa shape index (κ2) is 6.78. The van der Waals surface area contributed by atoms with Crippen LogP contribution in [0.5, 0.6) is 0 Å². The number of morpholine rings is 1. The number of carbonyl (C=O) groups excluding carboxylic acids is 1. The van der Waals surface area contributed by atoms with E-state index in [0.29, 0.717) is 30.4 Å². The topological polar surface area (TPSA) is 55.3 Å². The highest BCUT2D eigenvalue weighted by atomic mass is 35.5. The van der Waals surface area contributed by atoms with E-state index in [4.69, 9.17) is 16.3 Å². The van der Waals surface area contributed by atoms with Crippen molar-refractivity contribution >= 4 is 28.5 Å². The van der Waals surface area contributed by atoms with Crippen molar-refractivity contribution < 1.29 is 9.53 Å². The Hall–Kier alpha value is -2.50. The molecule has 6 heteroatoms. The van der Waals surface area contributed by atoms with Crippen LogP contribution in [-0.4, -0.2) is 40.5 Å². The first kappa shape index (κ1) is 16.0. The number of benzene rings is 2. The van der Waals surface area contributed by atoms with Gasteiger partial charge in [-0.25, -0.2) is 4.98 Å². The summed E-state index contributed by atoms with van der Waals surface area (Å²) >= 11 is 5.94. The molecular formula is C19H16ClN3O2. The fourth-order valence-corrected chi connectivity index (χ4v) is 3.06. The molecule has 0 spiro atoms. The normalized spacial score (nSPS) is 17.6. The van der Waals surface area contributed by atoms with Crippen LogP contribution in [0.1, 0.15) is 22.2 Å². The molecule has 0 aliphatic carbocycles. The van der Waals surface area contributed by atoms with Gasteiger partial charge in [0.05, 0.1) is 30.4 Å². The molecule has 0 radical (unpaired) electrons. The van der Waals surface area contributed by atoms with Crippen molar-refractivity contribution in [1.29, 1.82) is 0 Å². The van der Waals surface area contributed by atoms with Gasteiger partial charge in [-0.2, -0.15) is 0 Å². The van der Waals surface area contributed by atoms with Gasteiger partial charge in [0.15, 0.2) is 0 Å². The number of fused-ring (bicyclic) bond motifs is 1. The summed E-state index contributed by atoms with van der Waals surface area (Å²) in [5.74, 6) is -0.125. The van der Waals surface area contributed by atoms with Crippen molar-refractivity contribution in [3.05, 3.63) is 71.0 Å². The monoisotopic (exact) mass is 353 g/mol. The average Bonchev–Trinajstić information content (AvgIpc) is 2.68. The van der Waals surface area contributed by atoms with Gasteiger partial charge in [0.25, 0.3) is 5.91 Å². The van der Waals surface area contributed by atoms with Crippen LogP contribution in [0.15, 0.2) is 54.7 Å². The van der Waals surface area contributed by atoms with Crippen molar-refractivity contribution in [3.8, 4) is 0 Å². The van der Waals surface area contributed by atoms with Gasteiger partial charge < -0.3 is 9.64 Å². The average molecular weight is 354 g/mol. The van der Waals surface area contributed by atoms with Crippen LogP contribution < -0.4 is 0 Å². The Morgan fingerprint density at radius 3 is 2.68 bits per heavy atom. The van der Waals surface area contributed by atoms with Crippen molar-refractivity contribution in [2.75, 3.05) is 19.7 Å². The lowest BCUT2D eigenvalue weighted by molar-refractivity contribution is -0.0230. The van der Waals surface area contributed by atoms with Gasteiger partial charge in [-0.15, -0.1) is 0 Å². The van der Waals surface area contributed by atoms with Crippen molar-refractivity contribution in [2.24, 2.45) is 0 Å². The minimum absolute atomic E-state index is 0.125. The zero-order valence-electron chi connectivity index (χ0n) is 13.4. The zero-order chi connectivity index (χ0) is 17.2. The fourth-order valence-electron chi connectivity index (χ4n) is 2.94. The molecule has 1 aromatic heterocycles. The van der Waals surface area contributed by atoms with E-state index in [1.54, 1.807) is 4.90 Å². The number of halogens is 1. The first-order valence-electron chi connectivity index (χ1n) is 8.09. The summed E-state index contributed by atoms with van der Waals surface area (Å²) < 4.78 is 5.82. The maximum Gasteiger partial charge on any atom is 0.274 e. The van der Waals surface area contributed by atoms with E-state index in [0.717, 1.165) is 16.6 Å². The Morgan fingerprint density at radius 2 is 1.88 bits per heavy atom. The maximum absolute atomic E-state index is 12.8. The number of hydrogen-bond donors (Lipinski definition) is 0. The number of aromatic nitrogens is 2. The molecule has 0 bridgehead atoms. The van der Waals surface area contributed by atoms with E-state index in [1.807, 2.05) is 48.5 Å². The number of para-hydroxylation sites is 2. The van der Waals surface area contributed by atoms with Gasteiger partial charge in [-0.3, -0.25) is 9.78 Å². The summed E-state index contributed by atoms with van der Waals surface area (Å²) in [6, 6.07) is 15.0. The van der Waals surface area contributed by atoms with E-state index in [9.17, 15) is 4.79 Å². The quantitative estimate of drug-likeness (QED) is 0.707. The third-order valence-electron chi connectivity index (χ3n) is 4.26. The lowest BCUT2D eigenvalue weighted by Crippen LogP contribution is -2.42. The Balaban J connectivity index is 1.55. The molecule has 25 heavy (non-hydrogen) atoms. The number of amides is 1. The molecule has 0 saturated carbocycles. The van der Waals surface area contributed by atoms with E-state index in [1.165, 1.54) is 6.20 Å². The molecule has 1 amide bonds. The molecule has 1 aliphatic heterocycles. The number of carbonyl (C=O) groups is 1. The SMILES string of the molecule is O=C(c1cnc2ccccc2n1)N1CCOC(c2ccc(Cl)cc2)C1. The van der Waals surface area contributed by atoms with Gasteiger partial charge in [0.2, 0.25) is 0 Å². The van der Waals surface area contributed by atoms with E-state index in [-0.39, 0.29) is 12.0 Å². The molecule has 1 saturated heterocycles. The van der Waals surface area contributed by atoms with E-state index >= 15 is 0 Å². The Labute approximate surface area is 150 Å². The van der Waals surface area contributed by atoms with Crippen LogP contribution in [0, 0.1) is 0 Å². The molecule has 2 heterocycles. The molecule has 0 N–H and O–H groups in total.